The molecule has 1 heterocycles. The first-order chi connectivity index (χ1) is 11.2. The first-order valence-corrected chi connectivity index (χ1v) is 9.02. The number of ether oxygens (including phenoxy) is 1. The fraction of sp³-hybridized carbons (Fsp3) is 0.650. The van der Waals surface area contributed by atoms with E-state index in [1.54, 1.807) is 0 Å². The number of amides is 1. The highest BCUT2D eigenvalue weighted by atomic mass is 16.6. The highest BCUT2D eigenvalue weighted by molar-refractivity contribution is 5.68. The highest BCUT2D eigenvalue weighted by Gasteiger charge is 2.26. The van der Waals surface area contributed by atoms with Crippen LogP contribution in [-0.4, -0.2) is 36.2 Å². The maximum absolute atomic E-state index is 12.1. The Labute approximate surface area is 146 Å². The van der Waals surface area contributed by atoms with Crippen molar-refractivity contribution in [3.8, 4) is 0 Å². The number of nitrogens with zero attached hydrogens (tertiary/aromatic N) is 1. The van der Waals surface area contributed by atoms with Crippen LogP contribution in [0.25, 0.3) is 0 Å². The van der Waals surface area contributed by atoms with E-state index in [0.717, 1.165) is 32.5 Å². The summed E-state index contributed by atoms with van der Waals surface area (Å²) >= 11 is 0. The predicted molar refractivity (Wildman–Crippen MR) is 98.1 cm³/mol. The molecule has 1 aliphatic heterocycles. The first-order valence-electron chi connectivity index (χ1n) is 9.02. The molecule has 4 nitrogen and oxygen atoms in total. The minimum absolute atomic E-state index is 0.179. The molecule has 24 heavy (non-hydrogen) atoms. The maximum Gasteiger partial charge on any atom is 0.410 e. The van der Waals surface area contributed by atoms with Gasteiger partial charge >= 0.3 is 6.09 Å². The number of nitrogens with one attached hydrogen (secondary N) is 1. The summed E-state index contributed by atoms with van der Waals surface area (Å²) in [7, 11) is 0. The summed E-state index contributed by atoms with van der Waals surface area (Å²) in [5.41, 5.74) is 2.21. The van der Waals surface area contributed by atoms with E-state index in [2.05, 4.69) is 43.4 Å². The molecule has 2 rings (SSSR count). The summed E-state index contributed by atoms with van der Waals surface area (Å²) < 4.78 is 5.45. The molecule has 1 aromatic carbocycles. The van der Waals surface area contributed by atoms with Gasteiger partial charge in [-0.1, -0.05) is 29.8 Å². The van der Waals surface area contributed by atoms with Crippen molar-refractivity contribution in [2.45, 2.75) is 59.1 Å². The Morgan fingerprint density at radius 3 is 2.58 bits per heavy atom. The molecule has 1 atom stereocenters. The van der Waals surface area contributed by atoms with Gasteiger partial charge in [0.2, 0.25) is 0 Å². The SMILES string of the molecule is Cc1cccc(C(C)NCC2CCN(C(=O)OC(C)(C)C)CC2)c1. The number of rotatable bonds is 4. The largest absolute Gasteiger partial charge is 0.444 e. The van der Waals surface area contributed by atoms with Crippen molar-refractivity contribution in [3.05, 3.63) is 35.4 Å². The van der Waals surface area contributed by atoms with Gasteiger partial charge in [0.15, 0.2) is 0 Å². The van der Waals surface area contributed by atoms with Crippen molar-refractivity contribution in [2.75, 3.05) is 19.6 Å². The highest BCUT2D eigenvalue weighted by Crippen LogP contribution is 2.21. The van der Waals surface area contributed by atoms with Crippen LogP contribution in [0.15, 0.2) is 24.3 Å². The van der Waals surface area contributed by atoms with Crippen LogP contribution in [0.1, 0.15) is 57.7 Å². The average molecular weight is 332 g/mol. The molecular formula is C20H32N2O2. The molecule has 1 N–H and O–H groups in total. The van der Waals surface area contributed by atoms with Crippen molar-refractivity contribution in [2.24, 2.45) is 5.92 Å². The normalized spacial score (nSPS) is 17.6. The number of piperidine rings is 1. The topological polar surface area (TPSA) is 41.6 Å². The molecule has 1 aliphatic rings. The molecule has 1 unspecified atom stereocenters. The van der Waals surface area contributed by atoms with Crippen LogP contribution in [0, 0.1) is 12.8 Å². The van der Waals surface area contributed by atoms with Gasteiger partial charge < -0.3 is 15.0 Å². The van der Waals surface area contributed by atoms with Gasteiger partial charge in [-0.25, -0.2) is 4.79 Å². The van der Waals surface area contributed by atoms with Crippen LogP contribution < -0.4 is 5.32 Å². The number of carbonyl (C=O) groups is 1. The lowest BCUT2D eigenvalue weighted by molar-refractivity contribution is 0.0183. The fourth-order valence-electron chi connectivity index (χ4n) is 3.05. The summed E-state index contributed by atoms with van der Waals surface area (Å²) in [6.45, 7) is 12.7. The van der Waals surface area contributed by atoms with E-state index in [9.17, 15) is 4.79 Å². The molecule has 1 amide bonds. The van der Waals surface area contributed by atoms with E-state index in [1.807, 2.05) is 25.7 Å². The molecule has 1 aromatic rings. The molecule has 0 aromatic heterocycles. The first kappa shape index (κ1) is 18.8. The second kappa shape index (κ2) is 8.02. The Bertz CT molecular complexity index is 543. The minimum Gasteiger partial charge on any atom is -0.444 e. The van der Waals surface area contributed by atoms with Crippen molar-refractivity contribution < 1.29 is 9.53 Å². The van der Waals surface area contributed by atoms with Gasteiger partial charge in [-0.15, -0.1) is 0 Å². The zero-order chi connectivity index (χ0) is 17.7. The fourth-order valence-corrected chi connectivity index (χ4v) is 3.05. The van der Waals surface area contributed by atoms with E-state index in [-0.39, 0.29) is 6.09 Å². The third kappa shape index (κ3) is 5.82. The lowest BCUT2D eigenvalue weighted by atomic mass is 9.96. The Kier molecular flexibility index (Phi) is 6.27. The summed E-state index contributed by atoms with van der Waals surface area (Å²) in [4.78, 5) is 13.9. The lowest BCUT2D eigenvalue weighted by Gasteiger charge is -2.34. The lowest BCUT2D eigenvalue weighted by Crippen LogP contribution is -2.43. The van der Waals surface area contributed by atoms with Gasteiger partial charge in [-0.05, 0) is 65.5 Å². The summed E-state index contributed by atoms with van der Waals surface area (Å²) in [6, 6.07) is 9.01. The van der Waals surface area contributed by atoms with Gasteiger partial charge in [0.25, 0.3) is 0 Å². The van der Waals surface area contributed by atoms with Crippen LogP contribution in [0.4, 0.5) is 4.79 Å². The maximum atomic E-state index is 12.1. The van der Waals surface area contributed by atoms with Crippen LogP contribution in [0.2, 0.25) is 0 Å². The summed E-state index contributed by atoms with van der Waals surface area (Å²) in [5, 5.41) is 3.64. The van der Waals surface area contributed by atoms with Crippen LogP contribution in [-0.2, 0) is 4.74 Å². The Hall–Kier alpha value is -1.55. The zero-order valence-electron chi connectivity index (χ0n) is 15.8. The number of carbonyl (C=O) groups excluding carboxylic acids is 1. The van der Waals surface area contributed by atoms with Crippen molar-refractivity contribution in [3.63, 3.8) is 0 Å². The summed E-state index contributed by atoms with van der Waals surface area (Å²) in [5.74, 6) is 0.621. The summed E-state index contributed by atoms with van der Waals surface area (Å²) in [6.07, 6.45) is 1.89. The van der Waals surface area contributed by atoms with E-state index < -0.39 is 5.60 Å². The predicted octanol–water partition coefficient (Wildman–Crippen LogP) is 4.29. The standard InChI is InChI=1S/C20H32N2O2/c1-15-7-6-8-18(13-15)16(2)21-14-17-9-11-22(12-10-17)19(23)24-20(3,4)5/h6-8,13,16-17,21H,9-12,14H2,1-5H3. The number of benzene rings is 1. The second-order valence-corrected chi connectivity index (χ2v) is 7.95. The Morgan fingerprint density at radius 1 is 1.33 bits per heavy atom. The van der Waals surface area contributed by atoms with Crippen molar-refractivity contribution in [1.29, 1.82) is 0 Å². The smallest absolute Gasteiger partial charge is 0.410 e. The van der Waals surface area contributed by atoms with E-state index in [1.165, 1.54) is 11.1 Å². The van der Waals surface area contributed by atoms with Crippen LogP contribution >= 0.6 is 0 Å². The monoisotopic (exact) mass is 332 g/mol. The molecule has 0 bridgehead atoms. The average Bonchev–Trinajstić information content (AvgIpc) is 2.51. The minimum atomic E-state index is -0.418. The van der Waals surface area contributed by atoms with Crippen molar-refractivity contribution in [1.82, 2.24) is 10.2 Å². The number of hydrogen-bond donors (Lipinski definition) is 1. The van der Waals surface area contributed by atoms with Gasteiger partial charge in [-0.3, -0.25) is 0 Å². The molecule has 134 valence electrons. The van der Waals surface area contributed by atoms with Gasteiger partial charge in [0.05, 0.1) is 0 Å². The van der Waals surface area contributed by atoms with E-state index >= 15 is 0 Å². The van der Waals surface area contributed by atoms with Crippen LogP contribution in [0.3, 0.4) is 0 Å². The molecule has 0 saturated carbocycles. The number of hydrogen-bond acceptors (Lipinski definition) is 3. The Morgan fingerprint density at radius 2 is 2.00 bits per heavy atom. The quantitative estimate of drug-likeness (QED) is 0.894. The van der Waals surface area contributed by atoms with Crippen molar-refractivity contribution >= 4 is 6.09 Å². The third-order valence-corrected chi connectivity index (χ3v) is 4.52. The van der Waals surface area contributed by atoms with E-state index in [0.29, 0.717) is 12.0 Å². The molecular weight excluding hydrogens is 300 g/mol. The second-order valence-electron chi connectivity index (χ2n) is 7.95. The number of aryl methyl sites for hydroxylation is 1. The zero-order valence-corrected chi connectivity index (χ0v) is 15.8. The molecule has 0 spiro atoms. The number of likely N-dealkylation sites (tertiary alicyclic amines) is 1. The molecule has 4 heteroatoms. The molecule has 0 radical (unpaired) electrons. The van der Waals surface area contributed by atoms with Crippen LogP contribution in [0.5, 0.6) is 0 Å². The van der Waals surface area contributed by atoms with E-state index in [4.69, 9.17) is 4.74 Å². The van der Waals surface area contributed by atoms with Gasteiger partial charge in [-0.2, -0.15) is 0 Å². The third-order valence-electron chi connectivity index (χ3n) is 4.52. The molecule has 1 fully saturated rings. The van der Waals surface area contributed by atoms with Gasteiger partial charge in [0, 0.05) is 19.1 Å². The molecule has 1 saturated heterocycles. The van der Waals surface area contributed by atoms with Gasteiger partial charge in [0.1, 0.15) is 5.60 Å². The molecule has 0 aliphatic carbocycles. The Balaban J connectivity index is 1.74.